The van der Waals surface area contributed by atoms with Crippen LogP contribution in [-0.2, 0) is 0 Å². The summed E-state index contributed by atoms with van der Waals surface area (Å²) in [7, 11) is 0. The normalized spacial score (nSPS) is 10.2. The first-order valence-electron chi connectivity index (χ1n) is 2.54. The lowest BCUT2D eigenvalue weighted by Crippen LogP contribution is -2.36. The van der Waals surface area contributed by atoms with Crippen LogP contribution in [0.1, 0.15) is 0 Å². The maximum atomic E-state index is 12.1. The van der Waals surface area contributed by atoms with Gasteiger partial charge in [0.05, 0.1) is 6.20 Å². The largest absolute Gasteiger partial charge is 0.501 e. The van der Waals surface area contributed by atoms with E-state index in [0.717, 1.165) is 12.3 Å². The molecule has 0 aliphatic heterocycles. The Hall–Kier alpha value is -0.720. The van der Waals surface area contributed by atoms with Gasteiger partial charge in [-0.2, -0.15) is 4.39 Å². The molecule has 0 aromatic carbocycles. The smallest absolute Gasteiger partial charge is 0.361 e. The van der Waals surface area contributed by atoms with Crippen molar-refractivity contribution in [3.05, 3.63) is 24.3 Å². The summed E-state index contributed by atoms with van der Waals surface area (Å²) in [4.78, 5) is 3.18. The summed E-state index contributed by atoms with van der Waals surface area (Å²) in [5, 5.41) is 0. The summed E-state index contributed by atoms with van der Waals surface area (Å²) in [6.07, 6.45) is 0.996. The summed E-state index contributed by atoms with van der Waals surface area (Å²) >= 11 is -3.28. The molecule has 11 heavy (non-hydrogen) atoms. The highest BCUT2D eigenvalue weighted by atomic mass is 80.0. The zero-order valence-electron chi connectivity index (χ0n) is 5.16. The van der Waals surface area contributed by atoms with Gasteiger partial charge in [0.1, 0.15) is 0 Å². The lowest BCUT2D eigenvalue weighted by atomic mass is 10.5. The highest BCUT2D eigenvalue weighted by Gasteiger charge is 2.12. The molecule has 0 aliphatic carbocycles. The molecule has 1 aromatic heterocycles. The molecule has 1 rings (SSSR count). The lowest BCUT2D eigenvalue weighted by Gasteiger charge is -1.92. The van der Waals surface area contributed by atoms with Gasteiger partial charge < -0.3 is 8.40 Å². The average molecular weight is 224 g/mol. The van der Waals surface area contributed by atoms with E-state index in [1.165, 1.54) is 6.07 Å². The minimum atomic E-state index is -3.28. The molecule has 0 aliphatic rings. The van der Waals surface area contributed by atoms with E-state index in [9.17, 15) is 12.8 Å². The molecule has 0 saturated carbocycles. The van der Waals surface area contributed by atoms with E-state index in [2.05, 4.69) is 8.81 Å². The van der Waals surface area contributed by atoms with Crippen LogP contribution >= 0.6 is 0 Å². The SMILES string of the molecule is [O-][Br+2]([O-])Oc1ccc(F)nc1. The molecule has 4 nitrogen and oxygen atoms in total. The predicted molar refractivity (Wildman–Crippen MR) is 24.8 cm³/mol. The van der Waals surface area contributed by atoms with E-state index in [-0.39, 0.29) is 5.75 Å². The van der Waals surface area contributed by atoms with E-state index in [1.807, 2.05) is 0 Å². The van der Waals surface area contributed by atoms with Gasteiger partial charge in [-0.1, -0.05) is 0 Å². The van der Waals surface area contributed by atoms with Crippen molar-refractivity contribution < 1.29 is 31.4 Å². The van der Waals surface area contributed by atoms with E-state index >= 15 is 0 Å². The van der Waals surface area contributed by atoms with E-state index < -0.39 is 20.8 Å². The van der Waals surface area contributed by atoms with Crippen molar-refractivity contribution in [1.29, 1.82) is 0 Å². The van der Waals surface area contributed by atoms with Crippen molar-refractivity contribution in [2.45, 2.75) is 0 Å². The molecule has 60 valence electrons. The quantitative estimate of drug-likeness (QED) is 0.584. The first-order chi connectivity index (χ1) is 5.18. The lowest BCUT2D eigenvalue weighted by molar-refractivity contribution is -1.62. The molecule has 0 radical (unpaired) electrons. The Morgan fingerprint density at radius 3 is 2.64 bits per heavy atom. The van der Waals surface area contributed by atoms with Crippen LogP contribution in [0.4, 0.5) is 4.39 Å². The van der Waals surface area contributed by atoms with Crippen molar-refractivity contribution in [1.82, 2.24) is 4.98 Å². The molecular weight excluding hydrogens is 221 g/mol. The van der Waals surface area contributed by atoms with Crippen molar-refractivity contribution in [3.63, 3.8) is 0 Å². The Morgan fingerprint density at radius 1 is 1.45 bits per heavy atom. The van der Waals surface area contributed by atoms with E-state index in [1.54, 1.807) is 0 Å². The number of halogens is 2. The molecule has 1 heterocycles. The Morgan fingerprint density at radius 2 is 2.18 bits per heavy atom. The molecule has 1 aromatic rings. The highest BCUT2D eigenvalue weighted by Crippen LogP contribution is 2.08. The molecule has 0 amide bonds. The second kappa shape index (κ2) is 3.61. The molecule has 0 unspecified atom stereocenters. The Bertz CT molecular complexity index is 228. The second-order valence-electron chi connectivity index (χ2n) is 1.58. The zero-order chi connectivity index (χ0) is 8.27. The fourth-order valence-corrected chi connectivity index (χ4v) is 0.977. The number of pyridine rings is 1. The third kappa shape index (κ3) is 2.79. The summed E-state index contributed by atoms with van der Waals surface area (Å²) in [5.74, 6) is -0.658. The monoisotopic (exact) mass is 223 g/mol. The van der Waals surface area contributed by atoms with Crippen LogP contribution in [0.3, 0.4) is 0 Å². The van der Waals surface area contributed by atoms with Crippen LogP contribution in [-0.4, -0.2) is 4.98 Å². The summed E-state index contributed by atoms with van der Waals surface area (Å²) < 4.78 is 36.3. The van der Waals surface area contributed by atoms with Crippen LogP contribution in [0.25, 0.3) is 0 Å². The molecular formula is C5H3BrFNO3. The Kier molecular flexibility index (Phi) is 2.75. The maximum absolute atomic E-state index is 12.1. The van der Waals surface area contributed by atoms with E-state index in [0.29, 0.717) is 0 Å². The van der Waals surface area contributed by atoms with Gasteiger partial charge >= 0.3 is 14.8 Å². The average Bonchev–Trinajstić information content (AvgIpc) is 1.93. The van der Waals surface area contributed by atoms with Crippen LogP contribution in [0.2, 0.25) is 0 Å². The fourth-order valence-electron chi connectivity index (χ4n) is 0.481. The van der Waals surface area contributed by atoms with Gasteiger partial charge in [-0.15, -0.1) is 3.83 Å². The number of rotatable bonds is 2. The second-order valence-corrected chi connectivity index (χ2v) is 2.70. The minimum absolute atomic E-state index is 0.0198. The number of hydrogen-bond donors (Lipinski definition) is 0. The molecule has 0 saturated heterocycles. The number of hydrogen-bond acceptors (Lipinski definition) is 4. The van der Waals surface area contributed by atoms with Crippen molar-refractivity contribution >= 4 is 0 Å². The highest BCUT2D eigenvalue weighted by molar-refractivity contribution is 5.14. The van der Waals surface area contributed by atoms with Crippen molar-refractivity contribution in [2.75, 3.05) is 0 Å². The van der Waals surface area contributed by atoms with Crippen LogP contribution < -0.4 is 12.2 Å². The Balaban J connectivity index is 2.66. The predicted octanol–water partition coefficient (Wildman–Crippen LogP) is -1.31. The maximum Gasteiger partial charge on any atom is 0.501 e. The molecule has 0 bridgehead atoms. The third-order valence-corrected chi connectivity index (χ3v) is 1.49. The summed E-state index contributed by atoms with van der Waals surface area (Å²) in [6.45, 7) is 0. The van der Waals surface area contributed by atoms with Gasteiger partial charge in [0.25, 0.3) is 5.75 Å². The van der Waals surface area contributed by atoms with Crippen molar-refractivity contribution in [3.8, 4) is 5.75 Å². The van der Waals surface area contributed by atoms with E-state index in [4.69, 9.17) is 0 Å². The molecule has 0 spiro atoms. The number of nitrogens with zero attached hydrogens (tertiary/aromatic N) is 1. The summed E-state index contributed by atoms with van der Waals surface area (Å²) in [6, 6.07) is 2.20. The topological polar surface area (TPSA) is 68.2 Å². The van der Waals surface area contributed by atoms with Crippen LogP contribution in [0.5, 0.6) is 5.75 Å². The molecule has 0 N–H and O–H groups in total. The molecule has 6 heteroatoms. The minimum Gasteiger partial charge on any atom is -0.361 e. The van der Waals surface area contributed by atoms with Gasteiger partial charge in [0, 0.05) is 0 Å². The summed E-state index contributed by atoms with van der Waals surface area (Å²) in [5.41, 5.74) is 0. The van der Waals surface area contributed by atoms with Crippen LogP contribution in [0, 0.1) is 20.8 Å². The zero-order valence-corrected chi connectivity index (χ0v) is 6.75. The van der Waals surface area contributed by atoms with Gasteiger partial charge in [0.2, 0.25) is 5.95 Å². The van der Waals surface area contributed by atoms with Gasteiger partial charge in [-0.05, 0) is 12.1 Å². The first kappa shape index (κ1) is 8.38. The van der Waals surface area contributed by atoms with Gasteiger partial charge in [-0.25, -0.2) is 4.98 Å². The number of aromatic nitrogens is 1. The van der Waals surface area contributed by atoms with Crippen LogP contribution in [0.15, 0.2) is 18.3 Å². The molecule has 0 fully saturated rings. The van der Waals surface area contributed by atoms with Gasteiger partial charge in [0.15, 0.2) is 0 Å². The first-order valence-corrected chi connectivity index (χ1v) is 4.48. The fraction of sp³-hybridized carbons (Fsp3) is 0. The van der Waals surface area contributed by atoms with Crippen molar-refractivity contribution in [2.24, 2.45) is 0 Å². The third-order valence-electron chi connectivity index (χ3n) is 0.852. The van der Waals surface area contributed by atoms with Gasteiger partial charge in [-0.3, -0.25) is 0 Å². The molecule has 0 atom stereocenters. The Labute approximate surface area is 67.1 Å². The standard InChI is InChI=1S/C5H3BrFNO3/c7-5-2-1-4(3-8-5)11-6(9)10/h1-3H.